The molecule has 0 atom stereocenters. The molecule has 1 aliphatic heterocycles. The maximum absolute atomic E-state index is 6.13. The Morgan fingerprint density at radius 1 is 1.06 bits per heavy atom. The zero-order valence-electron chi connectivity index (χ0n) is 18.6. The molecule has 1 aromatic heterocycles. The van der Waals surface area contributed by atoms with E-state index in [2.05, 4.69) is 51.0 Å². The summed E-state index contributed by atoms with van der Waals surface area (Å²) in [6.45, 7) is 6.40. The van der Waals surface area contributed by atoms with Gasteiger partial charge in [-0.3, -0.25) is 0 Å². The van der Waals surface area contributed by atoms with Crippen molar-refractivity contribution in [2.45, 2.75) is 39.0 Å². The Bertz CT molecular complexity index is 936. The highest BCUT2D eigenvalue weighted by atomic mass is 127. The minimum atomic E-state index is 0. The van der Waals surface area contributed by atoms with Crippen LogP contribution in [0.25, 0.3) is 0 Å². The minimum absolute atomic E-state index is 0. The van der Waals surface area contributed by atoms with Crippen LogP contribution in [0.1, 0.15) is 30.9 Å². The van der Waals surface area contributed by atoms with E-state index < -0.39 is 0 Å². The SMILES string of the molecule is CCNC(=NCc1ccc(Cn2ccnc2)cc1)N1CCC(Oc2ccccc2)CC1.I. The second kappa shape index (κ2) is 12.5. The van der Waals surface area contributed by atoms with E-state index in [4.69, 9.17) is 9.73 Å². The molecule has 0 radical (unpaired) electrons. The molecule has 32 heavy (non-hydrogen) atoms. The normalized spacial score (nSPS) is 14.7. The van der Waals surface area contributed by atoms with E-state index >= 15 is 0 Å². The fourth-order valence-corrected chi connectivity index (χ4v) is 3.81. The Morgan fingerprint density at radius 3 is 2.44 bits per heavy atom. The lowest BCUT2D eigenvalue weighted by atomic mass is 10.1. The van der Waals surface area contributed by atoms with Gasteiger partial charge in [-0.05, 0) is 30.2 Å². The number of aliphatic imine (C=N–C) groups is 1. The van der Waals surface area contributed by atoms with Gasteiger partial charge in [0.25, 0.3) is 0 Å². The highest BCUT2D eigenvalue weighted by Crippen LogP contribution is 2.19. The third kappa shape index (κ3) is 6.98. The molecule has 0 aliphatic carbocycles. The predicted octanol–water partition coefficient (Wildman–Crippen LogP) is 4.56. The number of nitrogens with zero attached hydrogens (tertiary/aromatic N) is 4. The van der Waals surface area contributed by atoms with Crippen LogP contribution in [-0.2, 0) is 13.1 Å². The van der Waals surface area contributed by atoms with Gasteiger partial charge in [0.15, 0.2) is 5.96 Å². The van der Waals surface area contributed by atoms with Crippen LogP contribution in [-0.4, -0.2) is 46.1 Å². The lowest BCUT2D eigenvalue weighted by Gasteiger charge is -2.34. The van der Waals surface area contributed by atoms with E-state index in [0.717, 1.165) is 50.7 Å². The van der Waals surface area contributed by atoms with Crippen molar-refractivity contribution in [1.82, 2.24) is 19.8 Å². The summed E-state index contributed by atoms with van der Waals surface area (Å²) in [6.07, 6.45) is 7.90. The first-order chi connectivity index (χ1) is 15.3. The summed E-state index contributed by atoms with van der Waals surface area (Å²) in [7, 11) is 0. The Hall–Kier alpha value is -2.55. The molecule has 0 bridgehead atoms. The highest BCUT2D eigenvalue weighted by Gasteiger charge is 2.22. The van der Waals surface area contributed by atoms with Gasteiger partial charge >= 0.3 is 0 Å². The fourth-order valence-electron chi connectivity index (χ4n) is 3.81. The number of imidazole rings is 1. The monoisotopic (exact) mass is 545 g/mol. The van der Waals surface area contributed by atoms with Gasteiger partial charge in [-0.25, -0.2) is 9.98 Å². The van der Waals surface area contributed by atoms with Crippen molar-refractivity contribution in [3.05, 3.63) is 84.4 Å². The zero-order valence-corrected chi connectivity index (χ0v) is 20.9. The fraction of sp³-hybridized carbons (Fsp3) is 0.360. The molecule has 0 saturated carbocycles. The van der Waals surface area contributed by atoms with Crippen LogP contribution in [0.15, 0.2) is 78.3 Å². The van der Waals surface area contributed by atoms with Crippen LogP contribution in [0.5, 0.6) is 5.75 Å². The third-order valence-electron chi connectivity index (χ3n) is 5.48. The van der Waals surface area contributed by atoms with Gasteiger partial charge in [-0.15, -0.1) is 24.0 Å². The van der Waals surface area contributed by atoms with Crippen LogP contribution in [0.4, 0.5) is 0 Å². The van der Waals surface area contributed by atoms with Crippen molar-refractivity contribution < 1.29 is 4.74 Å². The number of guanidine groups is 1. The number of para-hydroxylation sites is 1. The maximum Gasteiger partial charge on any atom is 0.194 e. The predicted molar refractivity (Wildman–Crippen MR) is 140 cm³/mol. The number of rotatable bonds is 7. The van der Waals surface area contributed by atoms with Crippen molar-refractivity contribution in [2.24, 2.45) is 4.99 Å². The maximum atomic E-state index is 6.13. The van der Waals surface area contributed by atoms with E-state index in [0.29, 0.717) is 6.54 Å². The van der Waals surface area contributed by atoms with Crippen LogP contribution in [0.3, 0.4) is 0 Å². The first-order valence-electron chi connectivity index (χ1n) is 11.1. The second-order valence-electron chi connectivity index (χ2n) is 7.84. The number of ether oxygens (including phenoxy) is 1. The molecule has 2 heterocycles. The molecule has 0 unspecified atom stereocenters. The van der Waals surface area contributed by atoms with Crippen molar-refractivity contribution in [3.8, 4) is 5.75 Å². The molecule has 1 aliphatic rings. The number of nitrogens with one attached hydrogen (secondary N) is 1. The number of aromatic nitrogens is 2. The van der Waals surface area contributed by atoms with Crippen LogP contribution < -0.4 is 10.1 Å². The first kappa shape index (κ1) is 24.1. The van der Waals surface area contributed by atoms with E-state index in [1.807, 2.05) is 49.1 Å². The molecular weight excluding hydrogens is 513 g/mol. The van der Waals surface area contributed by atoms with Crippen LogP contribution in [0.2, 0.25) is 0 Å². The number of benzene rings is 2. The lowest BCUT2D eigenvalue weighted by molar-refractivity contribution is 0.129. The van der Waals surface area contributed by atoms with E-state index in [1.54, 1.807) is 0 Å². The molecule has 0 amide bonds. The summed E-state index contributed by atoms with van der Waals surface area (Å²) < 4.78 is 8.20. The van der Waals surface area contributed by atoms with Gasteiger partial charge in [-0.1, -0.05) is 42.5 Å². The smallest absolute Gasteiger partial charge is 0.194 e. The van der Waals surface area contributed by atoms with Crippen molar-refractivity contribution in [3.63, 3.8) is 0 Å². The molecule has 7 heteroatoms. The molecular formula is C25H32IN5O. The quantitative estimate of drug-likeness (QED) is 0.269. The number of likely N-dealkylation sites (tertiary alicyclic amines) is 1. The molecule has 1 N–H and O–H groups in total. The highest BCUT2D eigenvalue weighted by molar-refractivity contribution is 14.0. The number of hydrogen-bond acceptors (Lipinski definition) is 3. The van der Waals surface area contributed by atoms with E-state index in [1.165, 1.54) is 11.1 Å². The molecule has 2 aromatic carbocycles. The van der Waals surface area contributed by atoms with Crippen molar-refractivity contribution in [1.29, 1.82) is 0 Å². The minimum Gasteiger partial charge on any atom is -0.490 e. The molecule has 3 aromatic rings. The standard InChI is InChI=1S/C25H31N5O.HI/c1-2-27-25(30-15-12-24(13-16-30)31-23-6-4-3-5-7-23)28-18-21-8-10-22(11-9-21)19-29-17-14-26-20-29;/h3-11,14,17,20,24H,2,12-13,15-16,18-19H2,1H3,(H,27,28);1H. The summed E-state index contributed by atoms with van der Waals surface area (Å²) in [6, 6.07) is 18.8. The summed E-state index contributed by atoms with van der Waals surface area (Å²) in [5.41, 5.74) is 2.48. The second-order valence-corrected chi connectivity index (χ2v) is 7.84. The zero-order chi connectivity index (χ0) is 21.3. The molecule has 0 spiro atoms. The Kier molecular flexibility index (Phi) is 9.40. The molecule has 4 rings (SSSR count). The van der Waals surface area contributed by atoms with Crippen LogP contribution in [0, 0.1) is 0 Å². The first-order valence-corrected chi connectivity index (χ1v) is 11.1. The number of hydrogen-bond donors (Lipinski definition) is 1. The Labute approximate surface area is 207 Å². The topological polar surface area (TPSA) is 54.7 Å². The van der Waals surface area contributed by atoms with Crippen molar-refractivity contribution >= 4 is 29.9 Å². The van der Waals surface area contributed by atoms with E-state index in [-0.39, 0.29) is 30.1 Å². The summed E-state index contributed by atoms with van der Waals surface area (Å²) in [5, 5.41) is 3.45. The number of piperidine rings is 1. The Balaban J connectivity index is 0.00000289. The molecule has 6 nitrogen and oxygen atoms in total. The van der Waals surface area contributed by atoms with E-state index in [9.17, 15) is 0 Å². The van der Waals surface area contributed by atoms with Crippen molar-refractivity contribution in [2.75, 3.05) is 19.6 Å². The van der Waals surface area contributed by atoms with Gasteiger partial charge in [0.05, 0.1) is 12.9 Å². The molecule has 170 valence electrons. The summed E-state index contributed by atoms with van der Waals surface area (Å²) in [5.74, 6) is 1.95. The third-order valence-corrected chi connectivity index (χ3v) is 5.48. The van der Waals surface area contributed by atoms with Gasteiger partial charge in [0.1, 0.15) is 11.9 Å². The van der Waals surface area contributed by atoms with Gasteiger partial charge in [0, 0.05) is 51.4 Å². The largest absolute Gasteiger partial charge is 0.490 e. The summed E-state index contributed by atoms with van der Waals surface area (Å²) >= 11 is 0. The van der Waals surface area contributed by atoms with Gasteiger partial charge in [-0.2, -0.15) is 0 Å². The lowest BCUT2D eigenvalue weighted by Crippen LogP contribution is -2.47. The average Bonchev–Trinajstić information content (AvgIpc) is 3.32. The molecule has 1 fully saturated rings. The average molecular weight is 545 g/mol. The van der Waals surface area contributed by atoms with Gasteiger partial charge < -0.3 is 19.5 Å². The Morgan fingerprint density at radius 2 is 1.78 bits per heavy atom. The van der Waals surface area contributed by atoms with Gasteiger partial charge in [0.2, 0.25) is 0 Å². The summed E-state index contributed by atoms with van der Waals surface area (Å²) in [4.78, 5) is 11.3. The number of halogens is 1. The molecule has 1 saturated heterocycles. The van der Waals surface area contributed by atoms with Crippen LogP contribution >= 0.6 is 24.0 Å².